The third-order valence-corrected chi connectivity index (χ3v) is 5.03. The zero-order chi connectivity index (χ0) is 13.1. The number of imidazole rings is 1. The normalized spacial score (nSPS) is 28.7. The first-order chi connectivity index (χ1) is 9.35. The molecule has 0 bridgehead atoms. The number of aromatic amines is 1. The van der Waals surface area contributed by atoms with Gasteiger partial charge in [-0.1, -0.05) is 12.8 Å². The van der Waals surface area contributed by atoms with Crippen molar-refractivity contribution >= 4 is 0 Å². The van der Waals surface area contributed by atoms with E-state index in [1.54, 1.807) is 6.33 Å². The Kier molecular flexibility index (Phi) is 3.89. The van der Waals surface area contributed by atoms with Gasteiger partial charge < -0.3 is 15.0 Å². The lowest BCUT2D eigenvalue weighted by molar-refractivity contribution is -0.130. The zero-order valence-electron chi connectivity index (χ0n) is 11.8. The molecular weight excluding hydrogens is 238 g/mol. The van der Waals surface area contributed by atoms with Gasteiger partial charge in [0.05, 0.1) is 12.4 Å². The molecule has 2 aliphatic carbocycles. The van der Waals surface area contributed by atoms with Crippen LogP contribution < -0.4 is 5.32 Å². The van der Waals surface area contributed by atoms with Gasteiger partial charge in [0.2, 0.25) is 0 Å². The summed E-state index contributed by atoms with van der Waals surface area (Å²) in [6, 6.07) is 0.662. The lowest BCUT2D eigenvalue weighted by atomic mass is 9.60. The summed E-state index contributed by atoms with van der Waals surface area (Å²) in [6.45, 7) is 4.00. The molecule has 1 heterocycles. The van der Waals surface area contributed by atoms with Crippen LogP contribution in [0.1, 0.15) is 44.7 Å². The number of nitrogens with zero attached hydrogens (tertiary/aromatic N) is 1. The van der Waals surface area contributed by atoms with Gasteiger partial charge in [-0.3, -0.25) is 0 Å². The van der Waals surface area contributed by atoms with Crippen molar-refractivity contribution in [3.63, 3.8) is 0 Å². The van der Waals surface area contributed by atoms with Crippen LogP contribution in [-0.4, -0.2) is 35.3 Å². The highest BCUT2D eigenvalue weighted by Crippen LogP contribution is 2.54. The van der Waals surface area contributed by atoms with E-state index in [0.29, 0.717) is 17.6 Å². The van der Waals surface area contributed by atoms with Gasteiger partial charge >= 0.3 is 0 Å². The molecule has 1 aromatic rings. The molecule has 0 aromatic carbocycles. The molecule has 0 aliphatic heterocycles. The molecule has 0 amide bonds. The fourth-order valence-corrected chi connectivity index (χ4v) is 3.98. The number of aromatic nitrogens is 2. The molecule has 1 spiro atoms. The molecule has 0 saturated heterocycles. The van der Waals surface area contributed by atoms with Crippen molar-refractivity contribution in [2.24, 2.45) is 5.41 Å². The average Bonchev–Trinajstić information content (AvgIpc) is 3.09. The summed E-state index contributed by atoms with van der Waals surface area (Å²) in [7, 11) is 0. The summed E-state index contributed by atoms with van der Waals surface area (Å²) in [4.78, 5) is 7.22. The second-order valence-electron chi connectivity index (χ2n) is 5.95. The van der Waals surface area contributed by atoms with E-state index in [9.17, 15) is 0 Å². The van der Waals surface area contributed by atoms with E-state index in [-0.39, 0.29) is 0 Å². The maximum absolute atomic E-state index is 5.94. The molecule has 19 heavy (non-hydrogen) atoms. The largest absolute Gasteiger partial charge is 0.378 e. The van der Waals surface area contributed by atoms with E-state index in [2.05, 4.69) is 22.2 Å². The third kappa shape index (κ3) is 2.43. The second kappa shape index (κ2) is 5.63. The monoisotopic (exact) mass is 263 g/mol. The SMILES string of the molecule is CCOC1CC(NCCc2cnc[nH]2)C12CCCC2. The minimum atomic E-state index is 0.448. The average molecular weight is 263 g/mol. The van der Waals surface area contributed by atoms with Crippen molar-refractivity contribution in [1.29, 1.82) is 0 Å². The summed E-state index contributed by atoms with van der Waals surface area (Å²) >= 11 is 0. The molecule has 2 atom stereocenters. The lowest BCUT2D eigenvalue weighted by Crippen LogP contribution is -2.62. The second-order valence-corrected chi connectivity index (χ2v) is 5.95. The topological polar surface area (TPSA) is 49.9 Å². The van der Waals surface area contributed by atoms with Gasteiger partial charge in [-0.15, -0.1) is 0 Å². The fraction of sp³-hybridized carbons (Fsp3) is 0.800. The molecule has 0 radical (unpaired) electrons. The Hall–Kier alpha value is -0.870. The summed E-state index contributed by atoms with van der Waals surface area (Å²) in [5, 5.41) is 3.75. The summed E-state index contributed by atoms with van der Waals surface area (Å²) in [5.41, 5.74) is 1.66. The van der Waals surface area contributed by atoms with E-state index in [1.165, 1.54) is 37.8 Å². The molecule has 2 aliphatic rings. The summed E-state index contributed by atoms with van der Waals surface area (Å²) in [6.07, 6.45) is 11.8. The minimum Gasteiger partial charge on any atom is -0.378 e. The van der Waals surface area contributed by atoms with E-state index < -0.39 is 0 Å². The number of H-pyrrole nitrogens is 1. The Labute approximate surface area is 115 Å². The molecular formula is C15H25N3O. The van der Waals surface area contributed by atoms with Crippen LogP contribution in [0.5, 0.6) is 0 Å². The van der Waals surface area contributed by atoms with Crippen LogP contribution in [0.25, 0.3) is 0 Å². The highest BCUT2D eigenvalue weighted by atomic mass is 16.5. The Balaban J connectivity index is 1.51. The van der Waals surface area contributed by atoms with Gasteiger partial charge in [-0.05, 0) is 26.2 Å². The molecule has 4 nitrogen and oxygen atoms in total. The van der Waals surface area contributed by atoms with Crippen molar-refractivity contribution in [3.8, 4) is 0 Å². The summed E-state index contributed by atoms with van der Waals surface area (Å²) in [5.74, 6) is 0. The predicted octanol–water partition coefficient (Wildman–Crippen LogP) is 2.28. The first kappa shape index (κ1) is 13.1. The van der Waals surface area contributed by atoms with Crippen molar-refractivity contribution in [3.05, 3.63) is 18.2 Å². The smallest absolute Gasteiger partial charge is 0.0921 e. The number of hydrogen-bond donors (Lipinski definition) is 2. The molecule has 4 heteroatoms. The quantitative estimate of drug-likeness (QED) is 0.828. The number of ether oxygens (including phenoxy) is 1. The Morgan fingerprint density at radius 2 is 2.32 bits per heavy atom. The molecule has 2 N–H and O–H groups in total. The highest BCUT2D eigenvalue weighted by molar-refractivity contribution is 5.10. The van der Waals surface area contributed by atoms with Crippen LogP contribution >= 0.6 is 0 Å². The van der Waals surface area contributed by atoms with Gasteiger partial charge in [-0.2, -0.15) is 0 Å². The number of rotatable bonds is 6. The Morgan fingerprint density at radius 1 is 1.47 bits per heavy atom. The van der Waals surface area contributed by atoms with Crippen LogP contribution in [-0.2, 0) is 11.2 Å². The van der Waals surface area contributed by atoms with Gasteiger partial charge in [0.15, 0.2) is 0 Å². The van der Waals surface area contributed by atoms with Gasteiger partial charge in [0, 0.05) is 42.9 Å². The number of nitrogens with one attached hydrogen (secondary N) is 2. The van der Waals surface area contributed by atoms with Crippen molar-refractivity contribution < 1.29 is 4.74 Å². The molecule has 3 rings (SSSR count). The van der Waals surface area contributed by atoms with Crippen molar-refractivity contribution in [1.82, 2.24) is 15.3 Å². The maximum atomic E-state index is 5.94. The Bertz CT molecular complexity index is 384. The maximum Gasteiger partial charge on any atom is 0.0921 e. The van der Waals surface area contributed by atoms with E-state index in [0.717, 1.165) is 19.6 Å². The number of hydrogen-bond acceptors (Lipinski definition) is 3. The van der Waals surface area contributed by atoms with E-state index in [1.807, 2.05) is 6.20 Å². The lowest BCUT2D eigenvalue weighted by Gasteiger charge is -2.54. The van der Waals surface area contributed by atoms with Gasteiger partial charge in [-0.25, -0.2) is 4.98 Å². The minimum absolute atomic E-state index is 0.448. The van der Waals surface area contributed by atoms with Gasteiger partial charge in [0.1, 0.15) is 0 Å². The van der Waals surface area contributed by atoms with Crippen LogP contribution in [0, 0.1) is 5.41 Å². The fourth-order valence-electron chi connectivity index (χ4n) is 3.98. The van der Waals surface area contributed by atoms with E-state index >= 15 is 0 Å². The van der Waals surface area contributed by atoms with Crippen LogP contribution in [0.4, 0.5) is 0 Å². The van der Waals surface area contributed by atoms with Gasteiger partial charge in [0.25, 0.3) is 0 Å². The van der Waals surface area contributed by atoms with Crippen LogP contribution in [0.3, 0.4) is 0 Å². The van der Waals surface area contributed by atoms with Crippen LogP contribution in [0.15, 0.2) is 12.5 Å². The molecule has 2 unspecified atom stereocenters. The molecule has 2 saturated carbocycles. The zero-order valence-corrected chi connectivity index (χ0v) is 11.8. The molecule has 1 aromatic heterocycles. The Morgan fingerprint density at radius 3 is 3.00 bits per heavy atom. The molecule has 106 valence electrons. The van der Waals surface area contributed by atoms with Crippen molar-refractivity contribution in [2.45, 2.75) is 57.6 Å². The third-order valence-electron chi connectivity index (χ3n) is 5.03. The van der Waals surface area contributed by atoms with E-state index in [4.69, 9.17) is 4.74 Å². The standard InChI is InChI=1S/C15H25N3O/c1-2-19-14-9-13(15(14)6-3-4-7-15)17-8-5-12-10-16-11-18-12/h10-11,13-14,17H,2-9H2,1H3,(H,16,18). The first-order valence-electron chi connectivity index (χ1n) is 7.67. The first-order valence-corrected chi connectivity index (χ1v) is 7.67. The highest BCUT2D eigenvalue weighted by Gasteiger charge is 2.56. The summed E-state index contributed by atoms with van der Waals surface area (Å²) < 4.78 is 5.94. The molecule has 2 fully saturated rings. The predicted molar refractivity (Wildman–Crippen MR) is 75.0 cm³/mol. The van der Waals surface area contributed by atoms with Crippen LogP contribution in [0.2, 0.25) is 0 Å². The van der Waals surface area contributed by atoms with Crippen molar-refractivity contribution in [2.75, 3.05) is 13.2 Å².